The highest BCUT2D eigenvalue weighted by molar-refractivity contribution is 5.76. The van der Waals surface area contributed by atoms with Crippen LogP contribution in [0.4, 0.5) is 0 Å². The fourth-order valence-electron chi connectivity index (χ4n) is 4.09. The fourth-order valence-corrected chi connectivity index (χ4v) is 4.09. The first-order chi connectivity index (χ1) is 15.1. The number of carbonyl (C=O) groups excluding carboxylic acids is 1. The number of aromatic nitrogens is 1. The number of nitrogens with zero attached hydrogens (tertiary/aromatic N) is 2. The minimum Gasteiger partial charge on any atom is -0.490 e. The number of rotatable bonds is 8. The second kappa shape index (κ2) is 9.29. The summed E-state index contributed by atoms with van der Waals surface area (Å²) >= 11 is 0. The van der Waals surface area contributed by atoms with Crippen LogP contribution in [-0.4, -0.2) is 35.1 Å². The third-order valence-electron chi connectivity index (χ3n) is 5.58. The largest absolute Gasteiger partial charge is 0.490 e. The van der Waals surface area contributed by atoms with E-state index < -0.39 is 0 Å². The minimum atomic E-state index is -0.380. The lowest BCUT2D eigenvalue weighted by Gasteiger charge is -2.30. The summed E-state index contributed by atoms with van der Waals surface area (Å²) in [5.74, 6) is 1.21. The number of carbonyl (C=O) groups is 1. The molecule has 1 aromatic heterocycles. The Morgan fingerprint density at radius 3 is 2.52 bits per heavy atom. The molecule has 0 radical (unpaired) electrons. The molecule has 4 rings (SSSR count). The second-order valence-electron chi connectivity index (χ2n) is 7.59. The van der Waals surface area contributed by atoms with Gasteiger partial charge in [-0.15, -0.1) is 0 Å². The van der Waals surface area contributed by atoms with E-state index in [2.05, 4.69) is 0 Å². The number of hydrogen-bond donors (Lipinski definition) is 0. The topological polar surface area (TPSA) is 73.9 Å². The van der Waals surface area contributed by atoms with Gasteiger partial charge in [-0.1, -0.05) is 12.1 Å². The molecule has 0 N–H and O–H groups in total. The van der Waals surface area contributed by atoms with Crippen molar-refractivity contribution in [3.8, 4) is 11.5 Å². The van der Waals surface area contributed by atoms with E-state index in [-0.39, 0.29) is 11.7 Å². The first-order valence-electron chi connectivity index (χ1n) is 10.9. The Morgan fingerprint density at radius 1 is 1.06 bits per heavy atom. The Balaban J connectivity index is 1.40. The smallest absolute Gasteiger partial charge is 0.419 e. The van der Waals surface area contributed by atoms with Gasteiger partial charge in [0.1, 0.15) is 0 Å². The highest BCUT2D eigenvalue weighted by Crippen LogP contribution is 2.34. The quantitative estimate of drug-likeness (QED) is 0.551. The van der Waals surface area contributed by atoms with Gasteiger partial charge in [0, 0.05) is 26.1 Å². The van der Waals surface area contributed by atoms with Crippen LogP contribution < -0.4 is 15.2 Å². The molecule has 7 heteroatoms. The number of oxazole rings is 1. The zero-order valence-electron chi connectivity index (χ0n) is 18.1. The van der Waals surface area contributed by atoms with Crippen molar-refractivity contribution >= 4 is 17.0 Å². The molecule has 0 aliphatic carbocycles. The predicted molar refractivity (Wildman–Crippen MR) is 118 cm³/mol. The molecule has 1 amide bonds. The first kappa shape index (κ1) is 21.0. The predicted octanol–water partition coefficient (Wildman–Crippen LogP) is 3.76. The van der Waals surface area contributed by atoms with Crippen LogP contribution in [0.5, 0.6) is 11.5 Å². The lowest BCUT2D eigenvalue weighted by atomic mass is 9.98. The highest BCUT2D eigenvalue weighted by Gasteiger charge is 2.23. The molecule has 31 heavy (non-hydrogen) atoms. The monoisotopic (exact) mass is 424 g/mol. The Morgan fingerprint density at radius 2 is 1.77 bits per heavy atom. The molecule has 1 aliphatic rings. The number of hydrogen-bond acceptors (Lipinski definition) is 5. The second-order valence-corrected chi connectivity index (χ2v) is 7.59. The molecule has 0 atom stereocenters. The molecule has 0 bridgehead atoms. The summed E-state index contributed by atoms with van der Waals surface area (Å²) in [5.41, 5.74) is 3.64. The molecule has 3 aromatic rings. The standard InChI is InChI=1S/C24H28N2O5/c1-3-29-21-14-17-11-13-25(16-18(17)15-22(21)30-4-2)23(27)10-7-12-26-19-8-5-6-9-20(19)31-24(26)28/h5-6,8-9,14-15H,3-4,7,10-13,16H2,1-2H3. The van der Waals surface area contributed by atoms with E-state index in [4.69, 9.17) is 13.9 Å². The zero-order chi connectivity index (χ0) is 21.8. The molecule has 0 spiro atoms. The SMILES string of the molecule is CCOc1cc2c(cc1OCC)CN(C(=O)CCCn1c(=O)oc3ccccc31)CC2. The lowest BCUT2D eigenvalue weighted by Crippen LogP contribution is -2.36. The highest BCUT2D eigenvalue weighted by atomic mass is 16.5. The van der Waals surface area contributed by atoms with Crippen molar-refractivity contribution in [3.05, 3.63) is 58.1 Å². The van der Waals surface area contributed by atoms with Crippen LogP contribution in [0.25, 0.3) is 11.1 Å². The molecule has 2 heterocycles. The van der Waals surface area contributed by atoms with Crippen LogP contribution in [0, 0.1) is 0 Å². The van der Waals surface area contributed by atoms with E-state index in [1.807, 2.05) is 49.1 Å². The molecular weight excluding hydrogens is 396 g/mol. The summed E-state index contributed by atoms with van der Waals surface area (Å²) in [6, 6.07) is 11.4. The van der Waals surface area contributed by atoms with E-state index in [1.54, 1.807) is 10.6 Å². The Bertz CT molecular complexity index is 1130. The van der Waals surface area contributed by atoms with Crippen LogP contribution >= 0.6 is 0 Å². The first-order valence-corrected chi connectivity index (χ1v) is 10.9. The van der Waals surface area contributed by atoms with Gasteiger partial charge in [-0.05, 0) is 62.1 Å². The van der Waals surface area contributed by atoms with E-state index in [9.17, 15) is 9.59 Å². The Hall–Kier alpha value is -3.22. The molecule has 1 aliphatic heterocycles. The van der Waals surface area contributed by atoms with E-state index in [0.717, 1.165) is 29.0 Å². The van der Waals surface area contributed by atoms with Crippen LogP contribution in [0.1, 0.15) is 37.8 Å². The maximum Gasteiger partial charge on any atom is 0.419 e. The zero-order valence-corrected chi connectivity index (χ0v) is 18.1. The summed E-state index contributed by atoms with van der Waals surface area (Å²) in [6.07, 6.45) is 1.76. The van der Waals surface area contributed by atoms with E-state index in [1.165, 1.54) is 5.56 Å². The average molecular weight is 424 g/mol. The molecule has 0 fully saturated rings. The fraction of sp³-hybridized carbons (Fsp3) is 0.417. The number of benzene rings is 2. The summed E-state index contributed by atoms with van der Waals surface area (Å²) in [7, 11) is 0. The van der Waals surface area contributed by atoms with Crippen LogP contribution in [-0.2, 0) is 24.3 Å². The van der Waals surface area contributed by atoms with Crippen molar-refractivity contribution < 1.29 is 18.7 Å². The summed E-state index contributed by atoms with van der Waals surface area (Å²) < 4.78 is 18.3. The van der Waals surface area contributed by atoms with Gasteiger partial charge in [-0.3, -0.25) is 9.36 Å². The van der Waals surface area contributed by atoms with Gasteiger partial charge in [-0.25, -0.2) is 4.79 Å². The maximum absolute atomic E-state index is 12.8. The molecule has 0 saturated heterocycles. The van der Waals surface area contributed by atoms with Gasteiger partial charge in [0.15, 0.2) is 17.1 Å². The number of para-hydroxylation sites is 2. The number of aryl methyl sites for hydroxylation is 1. The van der Waals surface area contributed by atoms with Crippen LogP contribution in [0.15, 0.2) is 45.6 Å². The maximum atomic E-state index is 12.8. The minimum absolute atomic E-state index is 0.0957. The molecule has 2 aromatic carbocycles. The van der Waals surface area contributed by atoms with Crippen LogP contribution in [0.3, 0.4) is 0 Å². The van der Waals surface area contributed by atoms with Gasteiger partial charge in [0.05, 0.1) is 18.7 Å². The average Bonchev–Trinajstić information content (AvgIpc) is 3.09. The summed E-state index contributed by atoms with van der Waals surface area (Å²) in [5, 5.41) is 0. The molecular formula is C24H28N2O5. The van der Waals surface area contributed by atoms with Crippen molar-refractivity contribution in [2.24, 2.45) is 0 Å². The van der Waals surface area contributed by atoms with Crippen molar-refractivity contribution in [2.45, 2.75) is 46.2 Å². The molecule has 7 nitrogen and oxygen atoms in total. The van der Waals surface area contributed by atoms with Crippen molar-refractivity contribution in [1.82, 2.24) is 9.47 Å². The number of amides is 1. The summed E-state index contributed by atoms with van der Waals surface area (Å²) in [4.78, 5) is 26.8. The van der Waals surface area contributed by atoms with Crippen molar-refractivity contribution in [3.63, 3.8) is 0 Å². The Kier molecular flexibility index (Phi) is 6.30. The van der Waals surface area contributed by atoms with Gasteiger partial charge in [0.25, 0.3) is 0 Å². The van der Waals surface area contributed by atoms with Gasteiger partial charge in [-0.2, -0.15) is 0 Å². The van der Waals surface area contributed by atoms with E-state index in [0.29, 0.717) is 51.3 Å². The van der Waals surface area contributed by atoms with Gasteiger partial charge < -0.3 is 18.8 Å². The normalized spacial score (nSPS) is 13.3. The van der Waals surface area contributed by atoms with Crippen LogP contribution in [0.2, 0.25) is 0 Å². The van der Waals surface area contributed by atoms with Crippen molar-refractivity contribution in [1.29, 1.82) is 0 Å². The third kappa shape index (κ3) is 4.45. The van der Waals surface area contributed by atoms with Crippen molar-refractivity contribution in [2.75, 3.05) is 19.8 Å². The molecule has 164 valence electrons. The number of ether oxygens (including phenoxy) is 2. The van der Waals surface area contributed by atoms with Gasteiger partial charge >= 0.3 is 5.76 Å². The molecule has 0 unspecified atom stereocenters. The number of fused-ring (bicyclic) bond motifs is 2. The third-order valence-corrected chi connectivity index (χ3v) is 5.58. The Labute approximate surface area is 181 Å². The lowest BCUT2D eigenvalue weighted by molar-refractivity contribution is -0.132. The van der Waals surface area contributed by atoms with E-state index >= 15 is 0 Å². The van der Waals surface area contributed by atoms with Gasteiger partial charge in [0.2, 0.25) is 5.91 Å². The molecule has 0 saturated carbocycles. The summed E-state index contributed by atoms with van der Waals surface area (Å²) in [6.45, 7) is 6.74.